The number of fused-ring (bicyclic) bond motifs is 8. The summed E-state index contributed by atoms with van der Waals surface area (Å²) in [6, 6.07) is 60.6. The normalized spacial score (nSPS) is 11.8. The summed E-state index contributed by atoms with van der Waals surface area (Å²) in [5.74, 6) is 0. The standard InChI is InChI=1S/C44H28N2O/c1-2-15-33(16-3-1)46-41-23-9-6-20-37(41)43-38-25-24-32(28-42(38)47-44(43)46)30-13-10-12-29(26-30)31-14-11-17-34(27-31)45-39-21-7-4-18-35(39)36-19-5-8-22-40(36)45/h1-28H. The second-order valence-corrected chi connectivity index (χ2v) is 12.2. The summed E-state index contributed by atoms with van der Waals surface area (Å²) >= 11 is 0. The molecule has 7 aromatic carbocycles. The van der Waals surface area contributed by atoms with Crippen LogP contribution in [0.15, 0.2) is 174 Å². The molecule has 0 amide bonds. The molecule has 3 nitrogen and oxygen atoms in total. The Kier molecular flexibility index (Phi) is 5.57. The van der Waals surface area contributed by atoms with Gasteiger partial charge in [0.15, 0.2) is 0 Å². The fourth-order valence-electron chi connectivity index (χ4n) is 7.41. The van der Waals surface area contributed by atoms with Crippen molar-refractivity contribution in [3.05, 3.63) is 170 Å². The summed E-state index contributed by atoms with van der Waals surface area (Å²) in [4.78, 5) is 0. The second kappa shape index (κ2) is 10.1. The number of rotatable bonds is 4. The Morgan fingerprint density at radius 3 is 1.57 bits per heavy atom. The lowest BCUT2D eigenvalue weighted by Crippen LogP contribution is -1.94. The summed E-state index contributed by atoms with van der Waals surface area (Å²) in [5, 5.41) is 6.02. The number of hydrogen-bond acceptors (Lipinski definition) is 1. The smallest absolute Gasteiger partial charge is 0.213 e. The molecular formula is C44H28N2O. The summed E-state index contributed by atoms with van der Waals surface area (Å²) in [6.07, 6.45) is 0. The van der Waals surface area contributed by atoms with Gasteiger partial charge in [0.05, 0.1) is 21.9 Å². The Morgan fingerprint density at radius 1 is 0.340 bits per heavy atom. The Bertz CT molecular complexity index is 2740. The van der Waals surface area contributed by atoms with Crippen molar-refractivity contribution < 1.29 is 4.42 Å². The molecule has 0 saturated heterocycles. The summed E-state index contributed by atoms with van der Waals surface area (Å²) < 4.78 is 11.3. The van der Waals surface area contributed by atoms with E-state index in [0.717, 1.165) is 50.1 Å². The number of furan rings is 1. The van der Waals surface area contributed by atoms with Gasteiger partial charge in [-0.05, 0) is 82.9 Å². The van der Waals surface area contributed by atoms with E-state index in [1.54, 1.807) is 0 Å². The van der Waals surface area contributed by atoms with E-state index in [2.05, 4.69) is 173 Å². The fourth-order valence-corrected chi connectivity index (χ4v) is 7.41. The van der Waals surface area contributed by atoms with Gasteiger partial charge in [-0.25, -0.2) is 0 Å². The third-order valence-corrected chi connectivity index (χ3v) is 9.52. The largest absolute Gasteiger partial charge is 0.439 e. The average molecular weight is 601 g/mol. The van der Waals surface area contributed by atoms with E-state index in [4.69, 9.17) is 4.42 Å². The SMILES string of the molecule is c1ccc(-n2c3ccccc3c3c4ccc(-c5cccc(-c6cccc(-n7c8ccccc8c8ccccc87)c6)c5)cc4oc32)cc1. The van der Waals surface area contributed by atoms with E-state index in [1.807, 2.05) is 6.07 Å². The van der Waals surface area contributed by atoms with Gasteiger partial charge in [-0.1, -0.05) is 109 Å². The van der Waals surface area contributed by atoms with Crippen LogP contribution in [-0.2, 0) is 0 Å². The Hall–Kier alpha value is -6.32. The summed E-state index contributed by atoms with van der Waals surface area (Å²) in [5.41, 5.74) is 12.2. The first kappa shape index (κ1) is 26.0. The van der Waals surface area contributed by atoms with E-state index < -0.39 is 0 Å². The molecule has 10 aromatic rings. The predicted octanol–water partition coefficient (Wildman–Crippen LogP) is 12.0. The molecule has 3 aromatic heterocycles. The molecule has 0 fully saturated rings. The number of aromatic nitrogens is 2. The molecule has 0 spiro atoms. The van der Waals surface area contributed by atoms with Crippen molar-refractivity contribution in [2.45, 2.75) is 0 Å². The van der Waals surface area contributed by atoms with Crippen LogP contribution in [-0.4, -0.2) is 9.13 Å². The predicted molar refractivity (Wildman–Crippen MR) is 196 cm³/mol. The zero-order valence-electron chi connectivity index (χ0n) is 25.5. The van der Waals surface area contributed by atoms with E-state index in [0.29, 0.717) is 0 Å². The molecule has 0 atom stereocenters. The summed E-state index contributed by atoms with van der Waals surface area (Å²) in [6.45, 7) is 0. The van der Waals surface area contributed by atoms with E-state index >= 15 is 0 Å². The minimum Gasteiger partial charge on any atom is -0.439 e. The Balaban J connectivity index is 1.09. The van der Waals surface area contributed by atoms with Crippen LogP contribution in [0.3, 0.4) is 0 Å². The first-order valence-electron chi connectivity index (χ1n) is 16.0. The zero-order valence-corrected chi connectivity index (χ0v) is 25.5. The van der Waals surface area contributed by atoms with Gasteiger partial charge in [-0.3, -0.25) is 4.57 Å². The van der Waals surface area contributed by atoms with Crippen LogP contribution in [0.4, 0.5) is 0 Å². The minimum absolute atomic E-state index is 0.875. The van der Waals surface area contributed by atoms with E-state index in [-0.39, 0.29) is 0 Å². The van der Waals surface area contributed by atoms with Crippen molar-refractivity contribution in [2.24, 2.45) is 0 Å². The van der Waals surface area contributed by atoms with E-state index in [9.17, 15) is 0 Å². The lowest BCUT2D eigenvalue weighted by molar-refractivity contribution is 0.645. The number of hydrogen-bond donors (Lipinski definition) is 0. The number of benzene rings is 7. The minimum atomic E-state index is 0.875. The van der Waals surface area contributed by atoms with Crippen molar-refractivity contribution >= 4 is 54.8 Å². The van der Waals surface area contributed by atoms with Crippen molar-refractivity contribution in [2.75, 3.05) is 0 Å². The quantitative estimate of drug-likeness (QED) is 0.197. The molecule has 3 heterocycles. The number of nitrogens with zero attached hydrogens (tertiary/aromatic N) is 2. The first-order chi connectivity index (χ1) is 23.3. The highest BCUT2D eigenvalue weighted by atomic mass is 16.3. The lowest BCUT2D eigenvalue weighted by atomic mass is 9.98. The van der Waals surface area contributed by atoms with Crippen molar-refractivity contribution in [1.82, 2.24) is 9.13 Å². The maximum Gasteiger partial charge on any atom is 0.213 e. The van der Waals surface area contributed by atoms with Crippen LogP contribution < -0.4 is 0 Å². The maximum atomic E-state index is 6.69. The maximum absolute atomic E-state index is 6.69. The van der Waals surface area contributed by atoms with Crippen LogP contribution in [0, 0.1) is 0 Å². The van der Waals surface area contributed by atoms with Crippen molar-refractivity contribution in [1.29, 1.82) is 0 Å². The molecule has 0 aliphatic carbocycles. The highest BCUT2D eigenvalue weighted by Crippen LogP contribution is 2.41. The highest BCUT2D eigenvalue weighted by Gasteiger charge is 2.19. The van der Waals surface area contributed by atoms with Gasteiger partial charge < -0.3 is 8.98 Å². The summed E-state index contributed by atoms with van der Waals surface area (Å²) in [7, 11) is 0. The van der Waals surface area contributed by atoms with Gasteiger partial charge in [-0.15, -0.1) is 0 Å². The fraction of sp³-hybridized carbons (Fsp3) is 0. The lowest BCUT2D eigenvalue weighted by Gasteiger charge is -2.11. The molecule has 0 N–H and O–H groups in total. The zero-order chi connectivity index (χ0) is 30.9. The van der Waals surface area contributed by atoms with Gasteiger partial charge in [-0.2, -0.15) is 0 Å². The molecule has 0 aliphatic heterocycles. The van der Waals surface area contributed by atoms with Crippen molar-refractivity contribution in [3.63, 3.8) is 0 Å². The third kappa shape index (κ3) is 3.93. The van der Waals surface area contributed by atoms with Crippen LogP contribution in [0.5, 0.6) is 0 Å². The van der Waals surface area contributed by atoms with Gasteiger partial charge in [0.25, 0.3) is 0 Å². The van der Waals surface area contributed by atoms with Gasteiger partial charge in [0.2, 0.25) is 5.71 Å². The van der Waals surface area contributed by atoms with Crippen molar-refractivity contribution in [3.8, 4) is 33.6 Å². The average Bonchev–Trinajstić information content (AvgIpc) is 3.78. The molecule has 0 aliphatic rings. The van der Waals surface area contributed by atoms with Crippen LogP contribution >= 0.6 is 0 Å². The van der Waals surface area contributed by atoms with Gasteiger partial charge >= 0.3 is 0 Å². The molecule has 3 heteroatoms. The third-order valence-electron chi connectivity index (χ3n) is 9.52. The number of para-hydroxylation sites is 4. The molecule has 10 rings (SSSR count). The van der Waals surface area contributed by atoms with Gasteiger partial charge in [0, 0.05) is 32.9 Å². The van der Waals surface area contributed by atoms with Crippen LogP contribution in [0.25, 0.3) is 88.4 Å². The Morgan fingerprint density at radius 2 is 0.872 bits per heavy atom. The Labute approximate surface area is 271 Å². The molecule has 0 saturated carbocycles. The first-order valence-corrected chi connectivity index (χ1v) is 16.0. The molecule has 220 valence electrons. The highest BCUT2D eigenvalue weighted by molar-refractivity contribution is 6.20. The van der Waals surface area contributed by atoms with Gasteiger partial charge in [0.1, 0.15) is 5.58 Å². The molecular weight excluding hydrogens is 572 g/mol. The van der Waals surface area contributed by atoms with Crippen LogP contribution in [0.2, 0.25) is 0 Å². The monoisotopic (exact) mass is 600 g/mol. The molecule has 0 unspecified atom stereocenters. The molecule has 0 radical (unpaired) electrons. The second-order valence-electron chi connectivity index (χ2n) is 12.2. The topological polar surface area (TPSA) is 23.0 Å². The van der Waals surface area contributed by atoms with E-state index in [1.165, 1.54) is 38.3 Å². The van der Waals surface area contributed by atoms with Crippen LogP contribution in [0.1, 0.15) is 0 Å². The molecule has 47 heavy (non-hydrogen) atoms. The molecule has 0 bridgehead atoms.